The van der Waals surface area contributed by atoms with E-state index in [1.54, 1.807) is 0 Å². The first-order chi connectivity index (χ1) is 9.91. The van der Waals surface area contributed by atoms with Gasteiger partial charge in [-0.05, 0) is 38.3 Å². The highest BCUT2D eigenvalue weighted by Crippen LogP contribution is 2.21. The highest BCUT2D eigenvalue weighted by Gasteiger charge is 2.34. The van der Waals surface area contributed by atoms with Crippen molar-refractivity contribution in [2.24, 2.45) is 5.73 Å². The van der Waals surface area contributed by atoms with Crippen LogP contribution in [0.2, 0.25) is 0 Å². The van der Waals surface area contributed by atoms with Gasteiger partial charge >= 0.3 is 0 Å². The fourth-order valence-electron chi connectivity index (χ4n) is 2.90. The number of ether oxygens (including phenoxy) is 1. The molecule has 1 aliphatic heterocycles. The maximum atomic E-state index is 12.5. The molecule has 0 bridgehead atoms. The molecule has 4 nitrogen and oxygen atoms in total. The molecule has 1 heterocycles. The van der Waals surface area contributed by atoms with Crippen molar-refractivity contribution >= 4 is 5.91 Å². The van der Waals surface area contributed by atoms with Gasteiger partial charge in [-0.15, -0.1) is 0 Å². The minimum Gasteiger partial charge on any atom is -0.367 e. The smallest absolute Gasteiger partial charge is 0.223 e. The molecule has 1 aliphatic rings. The molecule has 1 saturated heterocycles. The van der Waals surface area contributed by atoms with Gasteiger partial charge in [-0.3, -0.25) is 4.79 Å². The largest absolute Gasteiger partial charge is 0.367 e. The standard InChI is InChI=1S/C17H26N2O2/c1-13-6-4-5-7-14(13)8-9-16(20)19-11-15(10-18)21-17(2,3)12-19/h4-7,15H,8-12,18H2,1-3H3. The Morgan fingerprint density at radius 3 is 2.81 bits per heavy atom. The average Bonchev–Trinajstić information content (AvgIpc) is 2.44. The Balaban J connectivity index is 1.95. The molecular weight excluding hydrogens is 264 g/mol. The van der Waals surface area contributed by atoms with Crippen LogP contribution in [0.5, 0.6) is 0 Å². The molecule has 116 valence electrons. The Morgan fingerprint density at radius 1 is 1.43 bits per heavy atom. The first kappa shape index (κ1) is 16.0. The number of hydrogen-bond acceptors (Lipinski definition) is 3. The van der Waals surface area contributed by atoms with Crippen molar-refractivity contribution in [1.29, 1.82) is 0 Å². The van der Waals surface area contributed by atoms with E-state index >= 15 is 0 Å². The summed E-state index contributed by atoms with van der Waals surface area (Å²) in [6.45, 7) is 7.79. The molecule has 1 atom stereocenters. The summed E-state index contributed by atoms with van der Waals surface area (Å²) >= 11 is 0. The molecule has 1 fully saturated rings. The lowest BCUT2D eigenvalue weighted by atomic mass is 10.0. The van der Waals surface area contributed by atoms with Crippen LogP contribution in [0.25, 0.3) is 0 Å². The zero-order chi connectivity index (χ0) is 15.5. The van der Waals surface area contributed by atoms with Crippen molar-refractivity contribution in [1.82, 2.24) is 4.90 Å². The molecule has 0 aliphatic carbocycles. The number of benzene rings is 1. The van der Waals surface area contributed by atoms with Gasteiger partial charge in [0.15, 0.2) is 0 Å². The van der Waals surface area contributed by atoms with Crippen LogP contribution in [-0.4, -0.2) is 42.1 Å². The van der Waals surface area contributed by atoms with E-state index in [1.165, 1.54) is 11.1 Å². The van der Waals surface area contributed by atoms with Crippen LogP contribution < -0.4 is 5.73 Å². The molecule has 1 unspecified atom stereocenters. The van der Waals surface area contributed by atoms with Gasteiger partial charge in [-0.25, -0.2) is 0 Å². The number of aryl methyl sites for hydroxylation is 2. The lowest BCUT2D eigenvalue weighted by molar-refractivity contribution is -0.159. The van der Waals surface area contributed by atoms with Gasteiger partial charge in [-0.1, -0.05) is 24.3 Å². The van der Waals surface area contributed by atoms with Gasteiger partial charge in [0.25, 0.3) is 0 Å². The van der Waals surface area contributed by atoms with Gasteiger partial charge in [0, 0.05) is 26.1 Å². The predicted octanol–water partition coefficient (Wildman–Crippen LogP) is 1.89. The Bertz CT molecular complexity index is 499. The van der Waals surface area contributed by atoms with Crippen LogP contribution >= 0.6 is 0 Å². The van der Waals surface area contributed by atoms with Crippen LogP contribution in [0.4, 0.5) is 0 Å². The van der Waals surface area contributed by atoms with Crippen LogP contribution in [0.1, 0.15) is 31.4 Å². The topological polar surface area (TPSA) is 55.6 Å². The van der Waals surface area contributed by atoms with Crippen LogP contribution in [0, 0.1) is 6.92 Å². The fourth-order valence-corrected chi connectivity index (χ4v) is 2.90. The van der Waals surface area contributed by atoms with Crippen molar-refractivity contribution in [2.45, 2.75) is 45.3 Å². The van der Waals surface area contributed by atoms with E-state index in [4.69, 9.17) is 10.5 Å². The van der Waals surface area contributed by atoms with Crippen molar-refractivity contribution < 1.29 is 9.53 Å². The van der Waals surface area contributed by atoms with E-state index in [2.05, 4.69) is 19.1 Å². The number of nitrogens with two attached hydrogens (primary N) is 1. The monoisotopic (exact) mass is 290 g/mol. The van der Waals surface area contributed by atoms with E-state index in [-0.39, 0.29) is 17.6 Å². The lowest BCUT2D eigenvalue weighted by Gasteiger charge is -2.42. The Hall–Kier alpha value is -1.39. The lowest BCUT2D eigenvalue weighted by Crippen LogP contribution is -2.56. The Labute approximate surface area is 127 Å². The molecular formula is C17H26N2O2. The van der Waals surface area contributed by atoms with E-state index in [1.807, 2.05) is 30.9 Å². The molecule has 0 aromatic heterocycles. The maximum absolute atomic E-state index is 12.5. The number of hydrogen-bond donors (Lipinski definition) is 1. The van der Waals surface area contributed by atoms with Crippen molar-refractivity contribution in [3.63, 3.8) is 0 Å². The summed E-state index contributed by atoms with van der Waals surface area (Å²) in [5.74, 6) is 0.188. The summed E-state index contributed by atoms with van der Waals surface area (Å²) < 4.78 is 5.87. The zero-order valence-electron chi connectivity index (χ0n) is 13.3. The van der Waals surface area contributed by atoms with E-state index in [0.717, 1.165) is 6.42 Å². The second-order valence-electron chi connectivity index (χ2n) is 6.44. The van der Waals surface area contributed by atoms with Crippen LogP contribution in [0.3, 0.4) is 0 Å². The van der Waals surface area contributed by atoms with E-state index in [0.29, 0.717) is 26.1 Å². The molecule has 1 aromatic rings. The molecule has 0 radical (unpaired) electrons. The quantitative estimate of drug-likeness (QED) is 0.921. The molecule has 1 aromatic carbocycles. The summed E-state index contributed by atoms with van der Waals surface area (Å²) in [7, 11) is 0. The summed E-state index contributed by atoms with van der Waals surface area (Å²) in [4.78, 5) is 14.4. The van der Waals surface area contributed by atoms with Crippen molar-refractivity contribution in [2.75, 3.05) is 19.6 Å². The third kappa shape index (κ3) is 4.29. The van der Waals surface area contributed by atoms with Gasteiger partial charge in [0.2, 0.25) is 5.91 Å². The summed E-state index contributed by atoms with van der Waals surface area (Å²) in [5.41, 5.74) is 7.88. The number of rotatable bonds is 4. The van der Waals surface area contributed by atoms with Gasteiger partial charge < -0.3 is 15.4 Å². The molecule has 2 rings (SSSR count). The van der Waals surface area contributed by atoms with Crippen molar-refractivity contribution in [3.05, 3.63) is 35.4 Å². The SMILES string of the molecule is Cc1ccccc1CCC(=O)N1CC(CN)OC(C)(C)C1. The van der Waals surface area contributed by atoms with Crippen molar-refractivity contribution in [3.8, 4) is 0 Å². The fraction of sp³-hybridized carbons (Fsp3) is 0.588. The Kier molecular flexibility index (Phi) is 5.01. The first-order valence-electron chi connectivity index (χ1n) is 7.61. The molecule has 0 saturated carbocycles. The summed E-state index contributed by atoms with van der Waals surface area (Å²) in [5, 5.41) is 0. The number of morpholine rings is 1. The third-order valence-electron chi connectivity index (χ3n) is 3.97. The van der Waals surface area contributed by atoms with Gasteiger partial charge in [0.1, 0.15) is 0 Å². The molecule has 1 amide bonds. The van der Waals surface area contributed by atoms with E-state index in [9.17, 15) is 4.79 Å². The molecule has 2 N–H and O–H groups in total. The van der Waals surface area contributed by atoms with Crippen LogP contribution in [0.15, 0.2) is 24.3 Å². The predicted molar refractivity (Wildman–Crippen MR) is 84.1 cm³/mol. The third-order valence-corrected chi connectivity index (χ3v) is 3.97. The van der Waals surface area contributed by atoms with E-state index < -0.39 is 0 Å². The average molecular weight is 290 g/mol. The number of nitrogens with zero attached hydrogens (tertiary/aromatic N) is 1. The second-order valence-corrected chi connectivity index (χ2v) is 6.44. The molecule has 21 heavy (non-hydrogen) atoms. The zero-order valence-corrected chi connectivity index (χ0v) is 13.3. The van der Waals surface area contributed by atoms with Gasteiger partial charge in [-0.2, -0.15) is 0 Å². The first-order valence-corrected chi connectivity index (χ1v) is 7.61. The number of amides is 1. The Morgan fingerprint density at radius 2 is 2.14 bits per heavy atom. The summed E-state index contributed by atoms with van der Waals surface area (Å²) in [6, 6.07) is 8.22. The summed E-state index contributed by atoms with van der Waals surface area (Å²) in [6.07, 6.45) is 1.27. The minimum atomic E-state index is -0.319. The molecule has 4 heteroatoms. The second kappa shape index (κ2) is 6.58. The number of carbonyl (C=O) groups excluding carboxylic acids is 1. The van der Waals surface area contributed by atoms with Crippen LogP contribution in [-0.2, 0) is 16.0 Å². The molecule has 0 spiro atoms. The highest BCUT2D eigenvalue weighted by atomic mass is 16.5. The minimum absolute atomic E-state index is 0.0591. The van der Waals surface area contributed by atoms with Gasteiger partial charge in [0.05, 0.1) is 11.7 Å². The normalized spacial score (nSPS) is 21.3. The highest BCUT2D eigenvalue weighted by molar-refractivity contribution is 5.76. The maximum Gasteiger partial charge on any atom is 0.223 e. The number of carbonyl (C=O) groups is 1.